The molecule has 76 valence electrons. The van der Waals surface area contributed by atoms with Gasteiger partial charge >= 0.3 is 0 Å². The van der Waals surface area contributed by atoms with Crippen molar-refractivity contribution < 1.29 is 9.42 Å². The van der Waals surface area contributed by atoms with Crippen LogP contribution >= 0.6 is 27.0 Å². The Morgan fingerprint density at radius 1 is 1.33 bits per heavy atom. The Hall–Kier alpha value is 1.35. The summed E-state index contributed by atoms with van der Waals surface area (Å²) < 4.78 is 5.08. The quantitative estimate of drug-likeness (QED) is 0.712. The normalized spacial score (nSPS) is 15.9. The zero-order valence-corrected chi connectivity index (χ0v) is 12.8. The van der Waals surface area contributed by atoms with E-state index in [1.54, 1.807) is 0 Å². The molecule has 0 spiro atoms. The number of hydrogen-bond acceptors (Lipinski definition) is 4. The van der Waals surface area contributed by atoms with E-state index in [-0.39, 0.29) is 21.3 Å². The first-order valence-electron chi connectivity index (χ1n) is 3.51. The molecule has 0 heterocycles. The van der Waals surface area contributed by atoms with Gasteiger partial charge in [-0.25, -0.2) is 0 Å². The molecule has 0 aliphatic rings. The van der Waals surface area contributed by atoms with Gasteiger partial charge in [0.2, 0.25) is 0 Å². The van der Waals surface area contributed by atoms with Crippen LogP contribution in [0.4, 0.5) is 0 Å². The van der Waals surface area contributed by atoms with Gasteiger partial charge in [-0.15, -0.1) is 11.4 Å². The fraction of sp³-hybridized carbons (Fsp3) is 1.00. The standard InChI is InChI=1S/C6H15O2PS2.H3P/c1-5(2)8-9(7,10)11-6(3)4;/h5-6H,1-4H3,(H,7,10);1H3. The van der Waals surface area contributed by atoms with Gasteiger partial charge < -0.3 is 9.42 Å². The zero-order valence-electron chi connectivity index (χ0n) is 8.23. The molecule has 0 aliphatic carbocycles. The molecule has 0 aromatic rings. The summed E-state index contributed by atoms with van der Waals surface area (Å²) in [6.07, 6.45) is -0.0513. The summed E-state index contributed by atoms with van der Waals surface area (Å²) in [5.41, 5.74) is -2.80. The first-order valence-corrected chi connectivity index (χ1v) is 7.63. The van der Waals surface area contributed by atoms with Crippen LogP contribution in [-0.4, -0.2) is 11.4 Å². The Morgan fingerprint density at radius 3 is 2.00 bits per heavy atom. The van der Waals surface area contributed by atoms with Crippen LogP contribution in [0.2, 0.25) is 0 Å². The molecule has 0 amide bonds. The lowest BCUT2D eigenvalue weighted by molar-refractivity contribution is -0.177. The van der Waals surface area contributed by atoms with Crippen LogP contribution in [0.15, 0.2) is 0 Å². The summed E-state index contributed by atoms with van der Waals surface area (Å²) in [6.45, 7) is 7.57. The Balaban J connectivity index is 0. The Kier molecular flexibility index (Phi) is 8.89. The van der Waals surface area contributed by atoms with Crippen molar-refractivity contribution in [2.24, 2.45) is 0 Å². The molecule has 0 saturated heterocycles. The van der Waals surface area contributed by atoms with E-state index in [0.717, 1.165) is 0 Å². The van der Waals surface area contributed by atoms with Gasteiger partial charge in [-0.05, 0) is 23.7 Å². The fourth-order valence-corrected chi connectivity index (χ4v) is 5.90. The third kappa shape index (κ3) is 9.44. The topological polar surface area (TPSA) is 32.3 Å². The van der Waals surface area contributed by atoms with Crippen LogP contribution in [0, 0.1) is 0 Å². The summed E-state index contributed by atoms with van der Waals surface area (Å²) in [7, 11) is 0. The van der Waals surface area contributed by atoms with Gasteiger partial charge in [0.25, 0.3) is 0 Å². The van der Waals surface area contributed by atoms with E-state index in [9.17, 15) is 4.89 Å². The molecule has 0 N–H and O–H groups in total. The van der Waals surface area contributed by atoms with E-state index in [0.29, 0.717) is 0 Å². The van der Waals surface area contributed by atoms with E-state index < -0.39 is 5.69 Å². The summed E-state index contributed by atoms with van der Waals surface area (Å²) >= 11 is 6.03. The van der Waals surface area contributed by atoms with Crippen molar-refractivity contribution in [1.29, 1.82) is 0 Å². The first-order chi connectivity index (χ1) is 4.83. The predicted molar refractivity (Wildman–Crippen MR) is 65.7 cm³/mol. The van der Waals surface area contributed by atoms with E-state index in [2.05, 4.69) is 0 Å². The largest absolute Gasteiger partial charge is 0.793 e. The Morgan fingerprint density at radius 2 is 1.75 bits per heavy atom. The van der Waals surface area contributed by atoms with Gasteiger partial charge in [-0.3, -0.25) is 0 Å². The molecule has 2 nitrogen and oxygen atoms in total. The van der Waals surface area contributed by atoms with Gasteiger partial charge in [0.05, 0.1) is 6.10 Å². The minimum Gasteiger partial charge on any atom is -0.793 e. The van der Waals surface area contributed by atoms with Crippen molar-refractivity contribution in [2.45, 2.75) is 39.0 Å². The fourth-order valence-electron chi connectivity index (χ4n) is 0.541. The van der Waals surface area contributed by atoms with Crippen LogP contribution in [0.1, 0.15) is 27.7 Å². The molecular formula is C6H18O2P2S2. The van der Waals surface area contributed by atoms with Crippen LogP contribution in [-0.2, 0) is 16.3 Å². The SMILES string of the molecule is CC(C)OP([O-])(=S)SC(C)C.[PH4+]. The van der Waals surface area contributed by atoms with E-state index in [1.165, 1.54) is 11.4 Å². The molecule has 12 heavy (non-hydrogen) atoms. The maximum atomic E-state index is 11.4. The third-order valence-electron chi connectivity index (χ3n) is 0.680. The summed E-state index contributed by atoms with van der Waals surface area (Å²) in [4.78, 5) is 11.4. The molecule has 0 fully saturated rings. The zero-order chi connectivity index (χ0) is 9.07. The summed E-state index contributed by atoms with van der Waals surface area (Å²) in [5.74, 6) is 0. The van der Waals surface area contributed by atoms with Crippen molar-refractivity contribution >= 4 is 38.8 Å². The van der Waals surface area contributed by atoms with Crippen LogP contribution in [0.25, 0.3) is 0 Å². The molecule has 0 aromatic heterocycles. The second-order valence-electron chi connectivity index (χ2n) is 2.76. The average Bonchev–Trinajstić information content (AvgIpc) is 1.53. The molecule has 6 heteroatoms. The summed E-state index contributed by atoms with van der Waals surface area (Å²) in [5, 5.41) is 0.261. The molecule has 2 unspecified atom stereocenters. The molecule has 0 radical (unpaired) electrons. The highest BCUT2D eigenvalue weighted by Gasteiger charge is 2.08. The third-order valence-corrected chi connectivity index (χ3v) is 5.37. The number of rotatable bonds is 4. The van der Waals surface area contributed by atoms with Crippen molar-refractivity contribution in [3.05, 3.63) is 0 Å². The second-order valence-corrected chi connectivity index (χ2v) is 9.22. The van der Waals surface area contributed by atoms with E-state index >= 15 is 0 Å². The lowest BCUT2D eigenvalue weighted by atomic mass is 10.5. The van der Waals surface area contributed by atoms with Gasteiger partial charge in [0.15, 0.2) is 0 Å². The molecule has 0 bridgehead atoms. The molecule has 0 aliphatic heterocycles. The maximum absolute atomic E-state index is 11.4. The van der Waals surface area contributed by atoms with Crippen molar-refractivity contribution in [2.75, 3.05) is 0 Å². The lowest BCUT2D eigenvalue weighted by Gasteiger charge is -2.30. The smallest absolute Gasteiger partial charge is 0.0566 e. The van der Waals surface area contributed by atoms with Gasteiger partial charge in [-0.2, -0.15) is 0 Å². The molecule has 2 atom stereocenters. The lowest BCUT2D eigenvalue weighted by Crippen LogP contribution is -2.08. The monoisotopic (exact) mass is 248 g/mol. The highest BCUT2D eigenvalue weighted by atomic mass is 32.9. The molecule has 0 rings (SSSR count). The first kappa shape index (κ1) is 15.8. The minimum absolute atomic E-state index is 0. The Labute approximate surface area is 87.4 Å². The maximum Gasteiger partial charge on any atom is 0.0566 e. The Bertz CT molecular complexity index is 148. The van der Waals surface area contributed by atoms with E-state index in [4.69, 9.17) is 16.3 Å². The highest BCUT2D eigenvalue weighted by molar-refractivity contribution is 8.67. The van der Waals surface area contributed by atoms with Crippen LogP contribution in [0.5, 0.6) is 0 Å². The van der Waals surface area contributed by atoms with Crippen molar-refractivity contribution in [3.8, 4) is 0 Å². The second kappa shape index (κ2) is 6.75. The van der Waals surface area contributed by atoms with Crippen LogP contribution in [0.3, 0.4) is 0 Å². The van der Waals surface area contributed by atoms with Gasteiger partial charge in [0.1, 0.15) is 0 Å². The molecule has 0 aromatic carbocycles. The summed E-state index contributed by atoms with van der Waals surface area (Å²) in [6, 6.07) is 0. The highest BCUT2D eigenvalue weighted by Crippen LogP contribution is 2.54. The van der Waals surface area contributed by atoms with Gasteiger partial charge in [0, 0.05) is 10.9 Å². The van der Waals surface area contributed by atoms with Crippen molar-refractivity contribution in [1.82, 2.24) is 0 Å². The number of hydrogen-bond donors (Lipinski definition) is 0. The predicted octanol–water partition coefficient (Wildman–Crippen LogP) is 1.93. The van der Waals surface area contributed by atoms with Crippen molar-refractivity contribution in [3.63, 3.8) is 0 Å². The molecular weight excluding hydrogens is 230 g/mol. The molecule has 0 saturated carbocycles. The van der Waals surface area contributed by atoms with E-state index in [1.807, 2.05) is 27.7 Å². The average molecular weight is 248 g/mol. The minimum atomic E-state index is -2.80. The van der Waals surface area contributed by atoms with Crippen LogP contribution < -0.4 is 4.89 Å². The van der Waals surface area contributed by atoms with Gasteiger partial charge in [-0.1, -0.05) is 25.7 Å².